The maximum absolute atomic E-state index is 9.56. The number of aliphatic hydroxyl groups excluding tert-OH is 6. The van der Waals surface area contributed by atoms with Gasteiger partial charge in [0.15, 0.2) is 6.29 Å². The third-order valence-electron chi connectivity index (χ3n) is 2.58. The lowest BCUT2D eigenvalue weighted by Crippen LogP contribution is -2.60. The Morgan fingerprint density at radius 3 is 2.00 bits per heavy atom. The van der Waals surface area contributed by atoms with Crippen LogP contribution in [0.1, 0.15) is 0 Å². The Labute approximate surface area is 97.6 Å². The summed E-state index contributed by atoms with van der Waals surface area (Å²) in [5.74, 6) is 0. The van der Waals surface area contributed by atoms with Crippen molar-refractivity contribution in [3.63, 3.8) is 0 Å². The smallest absolute Gasteiger partial charge is 0.187 e. The molecule has 8 nitrogen and oxygen atoms in total. The number of hydrogen-bond donors (Lipinski definition) is 6. The molecule has 0 aliphatic carbocycles. The van der Waals surface area contributed by atoms with Gasteiger partial charge in [-0.25, -0.2) is 0 Å². The monoisotopic (exact) mass is 254 g/mol. The summed E-state index contributed by atoms with van der Waals surface area (Å²) < 4.78 is 10.0. The van der Waals surface area contributed by atoms with E-state index in [-0.39, 0.29) is 0 Å². The first-order chi connectivity index (χ1) is 8.04. The van der Waals surface area contributed by atoms with Gasteiger partial charge in [-0.05, 0) is 0 Å². The van der Waals surface area contributed by atoms with Crippen LogP contribution in [0.5, 0.6) is 0 Å². The van der Waals surface area contributed by atoms with Gasteiger partial charge in [-0.1, -0.05) is 0 Å². The third-order valence-corrected chi connectivity index (χ3v) is 2.58. The molecule has 5 atom stereocenters. The van der Waals surface area contributed by atoms with E-state index >= 15 is 0 Å². The second-order valence-corrected chi connectivity index (χ2v) is 3.82. The quantitative estimate of drug-likeness (QED) is 0.293. The van der Waals surface area contributed by atoms with E-state index in [2.05, 4.69) is 0 Å². The maximum Gasteiger partial charge on any atom is 0.187 e. The van der Waals surface area contributed by atoms with Crippen molar-refractivity contribution in [2.24, 2.45) is 0 Å². The van der Waals surface area contributed by atoms with Gasteiger partial charge in [0.25, 0.3) is 0 Å². The van der Waals surface area contributed by atoms with Crippen molar-refractivity contribution in [2.45, 2.75) is 36.8 Å². The Morgan fingerprint density at radius 1 is 0.941 bits per heavy atom. The molecule has 0 bridgehead atoms. The van der Waals surface area contributed by atoms with Crippen LogP contribution in [0, 0.1) is 0 Å². The molecular formula is C9H18O8. The van der Waals surface area contributed by atoms with Crippen LogP contribution in [0.25, 0.3) is 0 Å². The second-order valence-electron chi connectivity index (χ2n) is 3.82. The number of hydrogen-bond acceptors (Lipinski definition) is 8. The molecule has 0 aromatic heterocycles. The standard InChI is InChI=1S/C9H18O8/c10-1-4(2-11)16-9-8(15)7(14)6(13)5(3-12)17-9/h4-15H,1-3H2/t5-,6+,7-,8-,9+/m1/s1. The molecule has 17 heavy (non-hydrogen) atoms. The summed E-state index contributed by atoms with van der Waals surface area (Å²) in [5.41, 5.74) is 0. The normalized spacial score (nSPS) is 38.6. The highest BCUT2D eigenvalue weighted by Crippen LogP contribution is 2.22. The predicted molar refractivity (Wildman–Crippen MR) is 52.8 cm³/mol. The zero-order chi connectivity index (χ0) is 13.0. The van der Waals surface area contributed by atoms with Crippen LogP contribution in [-0.2, 0) is 9.47 Å². The minimum Gasteiger partial charge on any atom is -0.394 e. The molecule has 0 spiro atoms. The molecule has 1 rings (SSSR count). The van der Waals surface area contributed by atoms with Crippen molar-refractivity contribution >= 4 is 0 Å². The van der Waals surface area contributed by atoms with Crippen LogP contribution < -0.4 is 0 Å². The van der Waals surface area contributed by atoms with Crippen molar-refractivity contribution in [3.05, 3.63) is 0 Å². The van der Waals surface area contributed by atoms with Crippen molar-refractivity contribution in [1.29, 1.82) is 0 Å². The Kier molecular flexibility index (Phi) is 5.70. The molecule has 1 saturated heterocycles. The van der Waals surface area contributed by atoms with Crippen molar-refractivity contribution in [2.75, 3.05) is 19.8 Å². The lowest BCUT2D eigenvalue weighted by atomic mass is 9.99. The molecule has 1 heterocycles. The van der Waals surface area contributed by atoms with Gasteiger partial charge in [-0.3, -0.25) is 0 Å². The topological polar surface area (TPSA) is 140 Å². The fourth-order valence-corrected chi connectivity index (χ4v) is 1.51. The number of aliphatic hydroxyl groups is 6. The minimum atomic E-state index is -1.54. The summed E-state index contributed by atoms with van der Waals surface area (Å²) in [7, 11) is 0. The molecule has 0 amide bonds. The summed E-state index contributed by atoms with van der Waals surface area (Å²) in [4.78, 5) is 0. The first-order valence-electron chi connectivity index (χ1n) is 5.22. The lowest BCUT2D eigenvalue weighted by Gasteiger charge is -2.40. The lowest BCUT2D eigenvalue weighted by molar-refractivity contribution is -0.315. The third kappa shape index (κ3) is 3.33. The molecule has 6 N–H and O–H groups in total. The van der Waals surface area contributed by atoms with Gasteiger partial charge in [0.2, 0.25) is 0 Å². The van der Waals surface area contributed by atoms with Gasteiger partial charge in [0.05, 0.1) is 19.8 Å². The number of rotatable bonds is 5. The largest absolute Gasteiger partial charge is 0.394 e. The molecule has 1 aliphatic rings. The molecule has 0 aromatic rings. The van der Waals surface area contributed by atoms with Gasteiger partial charge >= 0.3 is 0 Å². The van der Waals surface area contributed by atoms with Gasteiger partial charge in [-0.15, -0.1) is 0 Å². The van der Waals surface area contributed by atoms with E-state index in [1.54, 1.807) is 0 Å². The first kappa shape index (κ1) is 14.7. The summed E-state index contributed by atoms with van der Waals surface area (Å²) >= 11 is 0. The molecule has 1 fully saturated rings. The van der Waals surface area contributed by atoms with E-state index in [0.29, 0.717) is 0 Å². The van der Waals surface area contributed by atoms with E-state index in [0.717, 1.165) is 0 Å². The van der Waals surface area contributed by atoms with E-state index in [9.17, 15) is 15.3 Å². The summed E-state index contributed by atoms with van der Waals surface area (Å²) in [6.07, 6.45) is -7.92. The summed E-state index contributed by atoms with van der Waals surface area (Å²) in [6.45, 7) is -1.55. The second kappa shape index (κ2) is 6.57. The van der Waals surface area contributed by atoms with E-state index in [1.165, 1.54) is 0 Å². The highest BCUT2D eigenvalue weighted by molar-refractivity contribution is 4.89. The zero-order valence-corrected chi connectivity index (χ0v) is 9.09. The van der Waals surface area contributed by atoms with Gasteiger partial charge < -0.3 is 40.1 Å². The molecular weight excluding hydrogens is 236 g/mol. The van der Waals surface area contributed by atoms with E-state index in [1.807, 2.05) is 0 Å². The molecule has 102 valence electrons. The van der Waals surface area contributed by atoms with Crippen LogP contribution in [0.15, 0.2) is 0 Å². The van der Waals surface area contributed by atoms with Crippen LogP contribution >= 0.6 is 0 Å². The van der Waals surface area contributed by atoms with Crippen LogP contribution in [0.2, 0.25) is 0 Å². The Bertz CT molecular complexity index is 217. The molecule has 0 unspecified atom stereocenters. The number of ether oxygens (including phenoxy) is 2. The van der Waals surface area contributed by atoms with Crippen LogP contribution in [0.4, 0.5) is 0 Å². The summed E-state index contributed by atoms with van der Waals surface area (Å²) in [5, 5.41) is 55.0. The van der Waals surface area contributed by atoms with Gasteiger partial charge in [0, 0.05) is 0 Å². The SMILES string of the molecule is OCC(CO)O[C@H]1O[C@H](CO)[C@H](O)[C@@H](O)[C@H]1O. The predicted octanol–water partition coefficient (Wildman–Crippen LogP) is -3.84. The minimum absolute atomic E-state index is 0.495. The fourth-order valence-electron chi connectivity index (χ4n) is 1.51. The van der Waals surface area contributed by atoms with E-state index < -0.39 is 56.6 Å². The highest BCUT2D eigenvalue weighted by atomic mass is 16.7. The van der Waals surface area contributed by atoms with Crippen LogP contribution in [0.3, 0.4) is 0 Å². The van der Waals surface area contributed by atoms with Gasteiger partial charge in [0.1, 0.15) is 30.5 Å². The fraction of sp³-hybridized carbons (Fsp3) is 1.00. The Hall–Kier alpha value is -0.320. The molecule has 1 aliphatic heterocycles. The summed E-state index contributed by atoms with van der Waals surface area (Å²) in [6, 6.07) is 0. The van der Waals surface area contributed by atoms with Crippen molar-refractivity contribution in [1.82, 2.24) is 0 Å². The van der Waals surface area contributed by atoms with Crippen molar-refractivity contribution < 1.29 is 40.1 Å². The van der Waals surface area contributed by atoms with Crippen molar-refractivity contribution in [3.8, 4) is 0 Å². The Balaban J connectivity index is 2.65. The molecule has 0 radical (unpaired) electrons. The average molecular weight is 254 g/mol. The Morgan fingerprint density at radius 2 is 1.53 bits per heavy atom. The molecule has 0 aromatic carbocycles. The first-order valence-corrected chi connectivity index (χ1v) is 5.22. The maximum atomic E-state index is 9.56. The van der Waals surface area contributed by atoms with Gasteiger partial charge in [-0.2, -0.15) is 0 Å². The highest BCUT2D eigenvalue weighted by Gasteiger charge is 2.44. The van der Waals surface area contributed by atoms with Crippen LogP contribution in [-0.4, -0.2) is 87.3 Å². The molecule has 0 saturated carbocycles. The average Bonchev–Trinajstić information content (AvgIpc) is 2.35. The van der Waals surface area contributed by atoms with E-state index in [4.69, 9.17) is 24.8 Å². The molecule has 8 heteroatoms. The zero-order valence-electron chi connectivity index (χ0n) is 9.09.